The maximum absolute atomic E-state index is 14.1. The third-order valence-electron chi connectivity index (χ3n) is 8.35. The van der Waals surface area contributed by atoms with Gasteiger partial charge in [-0.3, -0.25) is 14.4 Å². The Morgan fingerprint density at radius 2 is 1.81 bits per heavy atom. The first-order valence-electron chi connectivity index (χ1n) is 11.2. The van der Waals surface area contributed by atoms with Gasteiger partial charge in [-0.1, -0.05) is 44.5 Å². The second-order valence-corrected chi connectivity index (χ2v) is 11.5. The fourth-order valence-electron chi connectivity index (χ4n) is 6.68. The zero-order valence-electron chi connectivity index (χ0n) is 20.0. The number of Topliss-reactive ketones (excluding diaryl/α,β-unsaturated/α-hetero) is 3. The van der Waals surface area contributed by atoms with E-state index in [2.05, 4.69) is 5.18 Å². The van der Waals surface area contributed by atoms with Gasteiger partial charge in [0.1, 0.15) is 16.9 Å². The molecule has 6 nitrogen and oxygen atoms in total. The molecule has 0 amide bonds. The van der Waals surface area contributed by atoms with E-state index < -0.39 is 39.3 Å². The highest BCUT2D eigenvalue weighted by atomic mass is 16.3. The van der Waals surface area contributed by atoms with Gasteiger partial charge in [-0.05, 0) is 64.2 Å². The first-order valence-corrected chi connectivity index (χ1v) is 11.2. The summed E-state index contributed by atoms with van der Waals surface area (Å²) in [7, 11) is 0. The Morgan fingerprint density at radius 1 is 1.23 bits per heavy atom. The zero-order chi connectivity index (χ0) is 23.7. The first kappa shape index (κ1) is 23.6. The summed E-state index contributed by atoms with van der Waals surface area (Å²) in [5, 5.41) is 14.6. The minimum Gasteiger partial charge on any atom is -0.510 e. The summed E-state index contributed by atoms with van der Waals surface area (Å²) in [4.78, 5) is 52.7. The molecule has 0 aromatic carbocycles. The van der Waals surface area contributed by atoms with Gasteiger partial charge in [-0.15, -0.1) is 0 Å². The summed E-state index contributed by atoms with van der Waals surface area (Å²) in [6, 6.07) is 0. The highest BCUT2D eigenvalue weighted by Crippen LogP contribution is 2.73. The minimum absolute atomic E-state index is 0.180. The maximum atomic E-state index is 14.1. The SMILES string of the molecule is CC(C)=CC[C@]12C[C@H]3C(C)(C)[C@H](C(C)(C)N=O)C[C@@]3(C(=O)C(C(=O)C(C)C)=C1O)C2=O. The summed E-state index contributed by atoms with van der Waals surface area (Å²) >= 11 is 0. The van der Waals surface area contributed by atoms with Crippen molar-refractivity contribution in [3.63, 3.8) is 0 Å². The second kappa shape index (κ2) is 6.94. The summed E-state index contributed by atoms with van der Waals surface area (Å²) < 4.78 is 0. The maximum Gasteiger partial charge on any atom is 0.183 e. The molecule has 3 aliphatic carbocycles. The molecule has 0 aromatic rings. The van der Waals surface area contributed by atoms with Crippen LogP contribution in [0.15, 0.2) is 28.2 Å². The van der Waals surface area contributed by atoms with Crippen LogP contribution in [0.2, 0.25) is 0 Å². The molecule has 0 unspecified atom stereocenters. The number of fused-ring (bicyclic) bond motifs is 1. The lowest BCUT2D eigenvalue weighted by Crippen LogP contribution is -2.50. The number of allylic oxidation sites excluding steroid dienone is 4. The third kappa shape index (κ3) is 2.86. The van der Waals surface area contributed by atoms with Gasteiger partial charge in [0.25, 0.3) is 0 Å². The molecule has 4 atom stereocenters. The fourth-order valence-corrected chi connectivity index (χ4v) is 6.68. The van der Waals surface area contributed by atoms with Crippen molar-refractivity contribution in [1.29, 1.82) is 0 Å². The molecule has 0 heterocycles. The van der Waals surface area contributed by atoms with Gasteiger partial charge >= 0.3 is 0 Å². The molecule has 2 saturated carbocycles. The van der Waals surface area contributed by atoms with Crippen LogP contribution >= 0.6 is 0 Å². The Hall–Kier alpha value is -2.11. The quantitative estimate of drug-likeness (QED) is 0.273. The van der Waals surface area contributed by atoms with Gasteiger partial charge in [-0.2, -0.15) is 4.91 Å². The van der Waals surface area contributed by atoms with E-state index in [1.165, 1.54) is 0 Å². The van der Waals surface area contributed by atoms with Crippen LogP contribution in [0.3, 0.4) is 0 Å². The van der Waals surface area contributed by atoms with Gasteiger partial charge in [0.2, 0.25) is 0 Å². The van der Waals surface area contributed by atoms with Crippen LogP contribution in [0.4, 0.5) is 0 Å². The number of hydrogen-bond acceptors (Lipinski definition) is 6. The number of nitrogens with zero attached hydrogens (tertiary/aromatic N) is 1. The monoisotopic (exact) mass is 429 g/mol. The molecule has 31 heavy (non-hydrogen) atoms. The van der Waals surface area contributed by atoms with Crippen LogP contribution in [0.5, 0.6) is 0 Å². The van der Waals surface area contributed by atoms with Crippen molar-refractivity contribution < 1.29 is 19.5 Å². The van der Waals surface area contributed by atoms with Gasteiger partial charge in [0.05, 0.1) is 10.8 Å². The number of hydrogen-bond donors (Lipinski definition) is 1. The number of carbonyl (C=O) groups is 3. The van der Waals surface area contributed by atoms with E-state index in [0.29, 0.717) is 6.42 Å². The molecular formula is C25H35NO5. The number of ketones is 3. The smallest absolute Gasteiger partial charge is 0.183 e. The van der Waals surface area contributed by atoms with Crippen molar-refractivity contribution in [3.8, 4) is 0 Å². The molecule has 1 spiro atoms. The Balaban J connectivity index is 2.31. The topological polar surface area (TPSA) is 101 Å². The molecule has 2 fully saturated rings. The van der Waals surface area contributed by atoms with Crippen LogP contribution in [-0.2, 0) is 14.4 Å². The van der Waals surface area contributed by atoms with E-state index in [9.17, 15) is 24.4 Å². The average Bonchev–Trinajstić information content (AvgIpc) is 3.04. The molecule has 6 heteroatoms. The van der Waals surface area contributed by atoms with Crippen molar-refractivity contribution in [3.05, 3.63) is 27.9 Å². The molecule has 0 aromatic heterocycles. The molecule has 1 N–H and O–H groups in total. The minimum atomic E-state index is -1.39. The van der Waals surface area contributed by atoms with Gasteiger partial charge in [-0.25, -0.2) is 0 Å². The van der Waals surface area contributed by atoms with E-state index >= 15 is 0 Å². The highest BCUT2D eigenvalue weighted by Gasteiger charge is 2.78. The van der Waals surface area contributed by atoms with Gasteiger partial charge in [0.15, 0.2) is 17.3 Å². The van der Waals surface area contributed by atoms with E-state index in [1.54, 1.807) is 27.7 Å². The normalized spacial score (nSPS) is 34.2. The summed E-state index contributed by atoms with van der Waals surface area (Å²) in [6.07, 6.45) is 2.63. The average molecular weight is 430 g/mol. The summed E-state index contributed by atoms with van der Waals surface area (Å²) in [5.41, 5.74) is -3.37. The predicted molar refractivity (Wildman–Crippen MR) is 118 cm³/mol. The first-order chi connectivity index (χ1) is 14.1. The number of carbonyl (C=O) groups excluding carboxylic acids is 3. The van der Waals surface area contributed by atoms with E-state index in [1.807, 2.05) is 33.8 Å². The number of nitroso groups, excluding NO2 is 1. The van der Waals surface area contributed by atoms with E-state index in [0.717, 1.165) is 5.57 Å². The van der Waals surface area contributed by atoms with E-state index in [4.69, 9.17) is 0 Å². The molecule has 0 saturated heterocycles. The Labute approximate surface area is 184 Å². The van der Waals surface area contributed by atoms with Crippen molar-refractivity contribution in [1.82, 2.24) is 0 Å². The van der Waals surface area contributed by atoms with Crippen molar-refractivity contribution >= 4 is 17.3 Å². The van der Waals surface area contributed by atoms with Crippen LogP contribution < -0.4 is 0 Å². The molecule has 170 valence electrons. The Kier molecular flexibility index (Phi) is 5.28. The number of rotatable bonds is 6. The highest BCUT2D eigenvalue weighted by molar-refractivity contribution is 6.32. The summed E-state index contributed by atoms with van der Waals surface area (Å²) in [6.45, 7) is 14.7. The lowest BCUT2D eigenvalue weighted by molar-refractivity contribution is -0.145. The number of aliphatic hydroxyl groups excluding tert-OH is 1. The molecular weight excluding hydrogens is 394 g/mol. The van der Waals surface area contributed by atoms with Crippen molar-refractivity contribution in [2.45, 2.75) is 80.2 Å². The van der Waals surface area contributed by atoms with Crippen LogP contribution in [0, 0.1) is 38.9 Å². The van der Waals surface area contributed by atoms with Crippen LogP contribution in [0.25, 0.3) is 0 Å². The zero-order valence-corrected chi connectivity index (χ0v) is 20.0. The van der Waals surface area contributed by atoms with Crippen molar-refractivity contribution in [2.24, 2.45) is 39.2 Å². The van der Waals surface area contributed by atoms with Crippen molar-refractivity contribution in [2.75, 3.05) is 0 Å². The molecule has 3 rings (SSSR count). The fraction of sp³-hybridized carbons (Fsp3) is 0.720. The molecule has 0 radical (unpaired) electrons. The second-order valence-electron chi connectivity index (χ2n) is 11.5. The van der Waals surface area contributed by atoms with Gasteiger partial charge < -0.3 is 5.11 Å². The Bertz CT molecular complexity index is 934. The molecule has 3 aliphatic rings. The standard InChI is InChI=1S/C25H35NO5/c1-13(2)9-10-24-11-16-22(5,6)15(23(7,8)26-31)12-25(16,21(24)30)20(29)17(19(24)28)18(27)14(3)4/h9,14-16,28H,10-12H2,1-8H3/t15-,16+,24+,25-/m1/s1. The van der Waals surface area contributed by atoms with Crippen LogP contribution in [-0.4, -0.2) is 28.0 Å². The predicted octanol–water partition coefficient (Wildman–Crippen LogP) is 5.12. The largest absolute Gasteiger partial charge is 0.510 e. The lowest BCUT2D eigenvalue weighted by atomic mass is 9.62. The van der Waals surface area contributed by atoms with Gasteiger partial charge in [0, 0.05) is 5.92 Å². The molecule has 2 bridgehead atoms. The number of aliphatic hydroxyl groups is 1. The summed E-state index contributed by atoms with van der Waals surface area (Å²) in [5.74, 6) is -2.78. The Morgan fingerprint density at radius 3 is 2.29 bits per heavy atom. The van der Waals surface area contributed by atoms with E-state index in [-0.39, 0.29) is 41.8 Å². The third-order valence-corrected chi connectivity index (χ3v) is 8.35. The van der Waals surface area contributed by atoms with Crippen LogP contribution in [0.1, 0.15) is 74.7 Å². The molecule has 0 aliphatic heterocycles. The lowest BCUT2D eigenvalue weighted by Gasteiger charge is -2.40.